The number of fused-ring (bicyclic) bond motifs is 5. The Kier molecular flexibility index (Phi) is 5.84. The summed E-state index contributed by atoms with van der Waals surface area (Å²) >= 11 is 0. The van der Waals surface area contributed by atoms with Crippen molar-refractivity contribution in [2.24, 2.45) is 52.3 Å². The molecule has 8 atom stereocenters. The first-order valence-electron chi connectivity index (χ1n) is 12.9. The number of rotatable bonds is 5. The summed E-state index contributed by atoms with van der Waals surface area (Å²) in [6, 6.07) is 0. The van der Waals surface area contributed by atoms with Gasteiger partial charge in [0.25, 0.3) is 0 Å². The number of carbonyl (C=O) groups excluding carboxylic acids is 1. The standard InChI is InChI=1S/C28H46O/c1-18(2)8-7-9-19(3)23-10-11-24-26-20(4)16-21-17-22(29)12-14-27(21,5)25(26)13-15-28(23,24)6/h17-20,23-26H,7-16H2,1-6H3/t19?,20?,23?,24?,25?,26?,27-,28?/m0/s1. The summed E-state index contributed by atoms with van der Waals surface area (Å²) in [4.78, 5) is 12.1. The second-order valence-electron chi connectivity index (χ2n) is 12.6. The molecule has 0 saturated heterocycles. The van der Waals surface area contributed by atoms with Crippen molar-refractivity contribution in [3.63, 3.8) is 0 Å². The first-order valence-corrected chi connectivity index (χ1v) is 12.9. The molecule has 4 aliphatic carbocycles. The Morgan fingerprint density at radius 2 is 1.79 bits per heavy atom. The Hall–Kier alpha value is -0.590. The van der Waals surface area contributed by atoms with Crippen molar-refractivity contribution in [1.82, 2.24) is 0 Å². The Bertz CT molecular complexity index is 659. The third-order valence-corrected chi connectivity index (χ3v) is 10.5. The summed E-state index contributed by atoms with van der Waals surface area (Å²) in [7, 11) is 0. The largest absolute Gasteiger partial charge is 0.295 e. The zero-order valence-corrected chi connectivity index (χ0v) is 20.1. The zero-order valence-electron chi connectivity index (χ0n) is 20.1. The van der Waals surface area contributed by atoms with Crippen LogP contribution in [-0.2, 0) is 4.79 Å². The fourth-order valence-electron chi connectivity index (χ4n) is 8.93. The lowest BCUT2D eigenvalue weighted by molar-refractivity contribution is -0.118. The van der Waals surface area contributed by atoms with E-state index >= 15 is 0 Å². The van der Waals surface area contributed by atoms with Crippen LogP contribution in [0.25, 0.3) is 0 Å². The summed E-state index contributed by atoms with van der Waals surface area (Å²) in [6.45, 7) is 15.0. The van der Waals surface area contributed by atoms with Crippen molar-refractivity contribution in [2.45, 2.75) is 106 Å². The van der Waals surface area contributed by atoms with Gasteiger partial charge in [-0.1, -0.05) is 66.4 Å². The van der Waals surface area contributed by atoms with Crippen LogP contribution in [0.2, 0.25) is 0 Å². The molecule has 0 amide bonds. The van der Waals surface area contributed by atoms with Gasteiger partial charge in [-0.2, -0.15) is 0 Å². The van der Waals surface area contributed by atoms with Crippen LogP contribution in [0, 0.1) is 52.3 Å². The lowest BCUT2D eigenvalue weighted by Crippen LogP contribution is -2.53. The molecule has 0 aromatic rings. The van der Waals surface area contributed by atoms with Gasteiger partial charge < -0.3 is 0 Å². The number of allylic oxidation sites excluding steroid dienone is 1. The number of ketones is 1. The van der Waals surface area contributed by atoms with Gasteiger partial charge in [-0.3, -0.25) is 4.79 Å². The second-order valence-corrected chi connectivity index (χ2v) is 12.6. The van der Waals surface area contributed by atoms with Crippen molar-refractivity contribution in [1.29, 1.82) is 0 Å². The molecule has 0 aromatic heterocycles. The molecule has 1 heteroatoms. The van der Waals surface area contributed by atoms with Gasteiger partial charge in [0.1, 0.15) is 0 Å². The molecule has 7 unspecified atom stereocenters. The Balaban J connectivity index is 1.54. The smallest absolute Gasteiger partial charge is 0.155 e. The molecule has 29 heavy (non-hydrogen) atoms. The van der Waals surface area contributed by atoms with E-state index in [1.54, 1.807) is 0 Å². The van der Waals surface area contributed by atoms with E-state index in [-0.39, 0.29) is 0 Å². The van der Waals surface area contributed by atoms with E-state index in [0.717, 1.165) is 54.3 Å². The van der Waals surface area contributed by atoms with Crippen molar-refractivity contribution in [3.8, 4) is 0 Å². The summed E-state index contributed by atoms with van der Waals surface area (Å²) < 4.78 is 0. The average molecular weight is 399 g/mol. The van der Waals surface area contributed by atoms with E-state index in [1.165, 1.54) is 56.9 Å². The molecule has 3 saturated carbocycles. The second kappa shape index (κ2) is 7.83. The number of carbonyl (C=O) groups is 1. The van der Waals surface area contributed by atoms with Crippen molar-refractivity contribution >= 4 is 5.78 Å². The quantitative estimate of drug-likeness (QED) is 0.461. The van der Waals surface area contributed by atoms with Gasteiger partial charge in [0.15, 0.2) is 5.78 Å². The van der Waals surface area contributed by atoms with E-state index in [4.69, 9.17) is 0 Å². The minimum Gasteiger partial charge on any atom is -0.295 e. The van der Waals surface area contributed by atoms with Crippen LogP contribution in [0.1, 0.15) is 106 Å². The average Bonchev–Trinajstić information content (AvgIpc) is 3.00. The Morgan fingerprint density at radius 3 is 2.52 bits per heavy atom. The van der Waals surface area contributed by atoms with Gasteiger partial charge >= 0.3 is 0 Å². The first kappa shape index (κ1) is 21.6. The molecule has 1 nitrogen and oxygen atoms in total. The summed E-state index contributed by atoms with van der Waals surface area (Å²) in [5.74, 6) is 6.44. The predicted octanol–water partition coefficient (Wildman–Crippen LogP) is 7.84. The molecule has 0 bridgehead atoms. The highest BCUT2D eigenvalue weighted by atomic mass is 16.1. The molecule has 0 radical (unpaired) electrons. The van der Waals surface area contributed by atoms with Gasteiger partial charge in [0, 0.05) is 6.42 Å². The summed E-state index contributed by atoms with van der Waals surface area (Å²) in [5.41, 5.74) is 2.39. The lowest BCUT2D eigenvalue weighted by atomic mass is 9.44. The molecule has 3 fully saturated rings. The van der Waals surface area contributed by atoms with Gasteiger partial charge in [-0.25, -0.2) is 0 Å². The molecule has 0 heterocycles. The Morgan fingerprint density at radius 1 is 1.03 bits per heavy atom. The highest BCUT2D eigenvalue weighted by Crippen LogP contribution is 2.68. The summed E-state index contributed by atoms with van der Waals surface area (Å²) in [6.07, 6.45) is 15.2. The van der Waals surface area contributed by atoms with Crippen molar-refractivity contribution in [2.75, 3.05) is 0 Å². The first-order chi connectivity index (χ1) is 13.7. The fourth-order valence-corrected chi connectivity index (χ4v) is 8.93. The molecular formula is C28H46O. The Labute approximate surface area is 180 Å². The SMILES string of the molecule is CC(C)CCCC(C)C1CCC2C3C(C)CC4=CC(=O)CC[C@]4(C)C3CCC12C. The molecule has 0 N–H and O–H groups in total. The van der Waals surface area contributed by atoms with E-state index in [1.807, 2.05) is 0 Å². The molecule has 164 valence electrons. The van der Waals surface area contributed by atoms with Crippen LogP contribution in [-0.4, -0.2) is 5.78 Å². The van der Waals surface area contributed by atoms with Crippen LogP contribution < -0.4 is 0 Å². The molecule has 4 aliphatic rings. The monoisotopic (exact) mass is 398 g/mol. The number of hydrogen-bond acceptors (Lipinski definition) is 1. The minimum absolute atomic E-state index is 0.313. The molecule has 4 rings (SSSR count). The van der Waals surface area contributed by atoms with Crippen LogP contribution >= 0.6 is 0 Å². The maximum atomic E-state index is 12.1. The van der Waals surface area contributed by atoms with Crippen molar-refractivity contribution in [3.05, 3.63) is 11.6 Å². The van der Waals surface area contributed by atoms with E-state index in [2.05, 4.69) is 47.6 Å². The highest BCUT2D eigenvalue weighted by Gasteiger charge is 2.60. The lowest BCUT2D eigenvalue weighted by Gasteiger charge is -2.60. The van der Waals surface area contributed by atoms with Crippen LogP contribution in [0.15, 0.2) is 11.6 Å². The molecule has 0 aromatic carbocycles. The van der Waals surface area contributed by atoms with Gasteiger partial charge in [-0.15, -0.1) is 0 Å². The van der Waals surface area contributed by atoms with Gasteiger partial charge in [0.2, 0.25) is 0 Å². The topological polar surface area (TPSA) is 17.1 Å². The zero-order chi connectivity index (χ0) is 21.0. The van der Waals surface area contributed by atoms with Crippen LogP contribution in [0.3, 0.4) is 0 Å². The molecule has 0 aliphatic heterocycles. The van der Waals surface area contributed by atoms with E-state index in [9.17, 15) is 4.79 Å². The third kappa shape index (κ3) is 3.57. The third-order valence-electron chi connectivity index (χ3n) is 10.5. The fraction of sp³-hybridized carbons (Fsp3) is 0.893. The van der Waals surface area contributed by atoms with E-state index in [0.29, 0.717) is 16.6 Å². The van der Waals surface area contributed by atoms with Gasteiger partial charge in [-0.05, 0) is 96.9 Å². The number of hydrogen-bond donors (Lipinski definition) is 0. The van der Waals surface area contributed by atoms with E-state index < -0.39 is 0 Å². The maximum Gasteiger partial charge on any atom is 0.155 e. The molecule has 0 spiro atoms. The van der Waals surface area contributed by atoms with Crippen LogP contribution in [0.4, 0.5) is 0 Å². The van der Waals surface area contributed by atoms with Gasteiger partial charge in [0.05, 0.1) is 0 Å². The predicted molar refractivity (Wildman–Crippen MR) is 123 cm³/mol. The van der Waals surface area contributed by atoms with Crippen LogP contribution in [0.5, 0.6) is 0 Å². The minimum atomic E-state index is 0.313. The normalized spacial score (nSPS) is 45.4. The summed E-state index contributed by atoms with van der Waals surface area (Å²) in [5, 5.41) is 0. The molecular weight excluding hydrogens is 352 g/mol. The van der Waals surface area contributed by atoms with Crippen molar-refractivity contribution < 1.29 is 4.79 Å². The maximum absolute atomic E-state index is 12.1. The highest BCUT2D eigenvalue weighted by molar-refractivity contribution is 5.91.